The van der Waals surface area contributed by atoms with E-state index in [1.54, 1.807) is 0 Å². The van der Waals surface area contributed by atoms with E-state index in [1.165, 1.54) is 5.56 Å². The van der Waals surface area contributed by atoms with Crippen LogP contribution in [0.25, 0.3) is 0 Å². The summed E-state index contributed by atoms with van der Waals surface area (Å²) in [6.07, 6.45) is 2.14. The molecule has 1 aromatic carbocycles. The lowest BCUT2D eigenvalue weighted by atomic mass is 10.0. The summed E-state index contributed by atoms with van der Waals surface area (Å²) < 4.78 is 0.877. The molecule has 6 heteroatoms. The van der Waals surface area contributed by atoms with Crippen LogP contribution in [0, 0.1) is 0 Å². The van der Waals surface area contributed by atoms with E-state index in [9.17, 15) is 4.79 Å². The molecule has 0 bridgehead atoms. The lowest BCUT2D eigenvalue weighted by Crippen LogP contribution is -2.32. The number of hydrogen-bond acceptors (Lipinski definition) is 4. The van der Waals surface area contributed by atoms with E-state index in [0.717, 1.165) is 22.1 Å². The molecular formula is C14H19IN2O3. The molecule has 0 spiro atoms. The van der Waals surface area contributed by atoms with Gasteiger partial charge >= 0.3 is 5.97 Å². The van der Waals surface area contributed by atoms with Gasteiger partial charge in [-0.05, 0) is 59.9 Å². The molecule has 1 unspecified atom stereocenters. The summed E-state index contributed by atoms with van der Waals surface area (Å²) in [7, 11) is 0. The number of hydrogen-bond donors (Lipinski definition) is 2. The summed E-state index contributed by atoms with van der Waals surface area (Å²) >= 11 is 2.10. The Balaban J connectivity index is 2.35. The van der Waals surface area contributed by atoms with Crippen LogP contribution >= 0.6 is 22.6 Å². The first-order valence-electron chi connectivity index (χ1n) is 6.37. The molecule has 0 saturated carbocycles. The number of carboxylic acids is 1. The lowest BCUT2D eigenvalue weighted by Gasteiger charge is -2.07. The molecule has 1 atom stereocenters. The van der Waals surface area contributed by atoms with Gasteiger partial charge < -0.3 is 15.7 Å². The van der Waals surface area contributed by atoms with Crippen LogP contribution in [0.2, 0.25) is 0 Å². The standard InChI is InChI=1S/C14H19IN2O3/c1-10(15)17-20-8-2-3-11-4-6-12(7-5-11)9-13(16)14(18)19/h4-7,13H,2-3,8-9,16H2,1H3,(H,18,19)/b17-10+. The molecule has 110 valence electrons. The van der Waals surface area contributed by atoms with E-state index in [-0.39, 0.29) is 0 Å². The minimum Gasteiger partial charge on any atom is -0.480 e. The van der Waals surface area contributed by atoms with Crippen molar-refractivity contribution < 1.29 is 14.7 Å². The molecule has 0 aliphatic rings. The van der Waals surface area contributed by atoms with Gasteiger partial charge in [-0.3, -0.25) is 4.79 Å². The fraction of sp³-hybridized carbons (Fsp3) is 0.429. The minimum absolute atomic E-state index is 0.350. The third-order valence-corrected chi connectivity index (χ3v) is 2.88. The van der Waals surface area contributed by atoms with E-state index < -0.39 is 12.0 Å². The van der Waals surface area contributed by atoms with Crippen molar-refractivity contribution in [3.8, 4) is 0 Å². The zero-order chi connectivity index (χ0) is 15.0. The number of benzene rings is 1. The highest BCUT2D eigenvalue weighted by Crippen LogP contribution is 2.09. The maximum atomic E-state index is 10.7. The van der Waals surface area contributed by atoms with Gasteiger partial charge in [0.05, 0.1) is 0 Å². The average Bonchev–Trinajstić information content (AvgIpc) is 2.39. The number of carbonyl (C=O) groups is 1. The smallest absolute Gasteiger partial charge is 0.320 e. The third-order valence-electron chi connectivity index (χ3n) is 2.69. The van der Waals surface area contributed by atoms with E-state index in [2.05, 4.69) is 27.7 Å². The van der Waals surface area contributed by atoms with Crippen LogP contribution in [0.1, 0.15) is 24.5 Å². The summed E-state index contributed by atoms with van der Waals surface area (Å²) in [5.74, 6) is -0.975. The fourth-order valence-electron chi connectivity index (χ4n) is 1.66. The van der Waals surface area contributed by atoms with Crippen molar-refractivity contribution in [1.29, 1.82) is 0 Å². The molecule has 0 saturated heterocycles. The number of rotatable bonds is 8. The molecule has 0 aliphatic heterocycles. The summed E-state index contributed by atoms with van der Waals surface area (Å²) in [6, 6.07) is 7.00. The number of halogens is 1. The van der Waals surface area contributed by atoms with Crippen molar-refractivity contribution in [2.75, 3.05) is 6.61 Å². The third kappa shape index (κ3) is 6.85. The number of oxime groups is 1. The Morgan fingerprint density at radius 3 is 2.55 bits per heavy atom. The molecular weight excluding hydrogens is 371 g/mol. The topological polar surface area (TPSA) is 84.9 Å². The molecule has 0 fully saturated rings. The molecule has 0 amide bonds. The highest BCUT2D eigenvalue weighted by Gasteiger charge is 2.11. The first kappa shape index (κ1) is 16.9. The molecule has 0 aromatic heterocycles. The number of nitrogens with two attached hydrogens (primary N) is 1. The summed E-state index contributed by atoms with van der Waals surface area (Å²) in [4.78, 5) is 15.8. The Labute approximate surface area is 132 Å². The number of aryl methyl sites for hydroxylation is 1. The normalized spacial score (nSPS) is 13.1. The van der Waals surface area contributed by atoms with Gasteiger partial charge in [0.1, 0.15) is 16.4 Å². The van der Waals surface area contributed by atoms with Crippen LogP contribution in [-0.2, 0) is 22.5 Å². The summed E-state index contributed by atoms with van der Waals surface area (Å²) in [6.45, 7) is 2.47. The molecule has 5 nitrogen and oxygen atoms in total. The van der Waals surface area contributed by atoms with Crippen molar-refractivity contribution >= 4 is 32.3 Å². The fourth-order valence-corrected chi connectivity index (χ4v) is 1.80. The Kier molecular flexibility index (Phi) is 7.53. The highest BCUT2D eigenvalue weighted by atomic mass is 127. The zero-order valence-corrected chi connectivity index (χ0v) is 13.5. The Bertz CT molecular complexity index is 456. The second-order valence-electron chi connectivity index (χ2n) is 4.49. The zero-order valence-electron chi connectivity index (χ0n) is 11.4. The van der Waals surface area contributed by atoms with Crippen LogP contribution in [0.3, 0.4) is 0 Å². The minimum atomic E-state index is -0.975. The first-order valence-corrected chi connectivity index (χ1v) is 7.45. The van der Waals surface area contributed by atoms with E-state index in [0.29, 0.717) is 13.0 Å². The van der Waals surface area contributed by atoms with Gasteiger partial charge in [0, 0.05) is 0 Å². The van der Waals surface area contributed by atoms with Gasteiger partial charge in [0.25, 0.3) is 0 Å². The summed E-state index contributed by atoms with van der Waals surface area (Å²) in [5.41, 5.74) is 7.62. The second-order valence-corrected chi connectivity index (χ2v) is 6.05. The maximum Gasteiger partial charge on any atom is 0.320 e. The van der Waals surface area contributed by atoms with Crippen molar-refractivity contribution in [3.63, 3.8) is 0 Å². The van der Waals surface area contributed by atoms with Crippen LogP contribution in [-0.4, -0.2) is 27.4 Å². The maximum absolute atomic E-state index is 10.7. The van der Waals surface area contributed by atoms with Gasteiger partial charge in [0.15, 0.2) is 0 Å². The predicted molar refractivity (Wildman–Crippen MR) is 87.2 cm³/mol. The van der Waals surface area contributed by atoms with Crippen molar-refractivity contribution in [2.24, 2.45) is 10.9 Å². The largest absolute Gasteiger partial charge is 0.480 e. The number of aliphatic carboxylic acids is 1. The Morgan fingerprint density at radius 1 is 1.40 bits per heavy atom. The van der Waals surface area contributed by atoms with Crippen LogP contribution in [0.5, 0.6) is 0 Å². The summed E-state index contributed by atoms with van der Waals surface area (Å²) in [5, 5.41) is 12.6. The van der Waals surface area contributed by atoms with Gasteiger partial charge in [-0.15, -0.1) is 0 Å². The molecule has 1 rings (SSSR count). The molecule has 0 aliphatic carbocycles. The highest BCUT2D eigenvalue weighted by molar-refractivity contribution is 14.1. The van der Waals surface area contributed by atoms with E-state index in [1.807, 2.05) is 31.2 Å². The molecule has 20 heavy (non-hydrogen) atoms. The number of carboxylic acid groups (broad SMARTS) is 1. The molecule has 3 N–H and O–H groups in total. The molecule has 0 radical (unpaired) electrons. The SMILES string of the molecule is C/C(I)=N\OCCCc1ccc(CC(N)C(=O)O)cc1. The van der Waals surface area contributed by atoms with Crippen molar-refractivity contribution in [2.45, 2.75) is 32.2 Å². The Morgan fingerprint density at radius 2 is 2.00 bits per heavy atom. The first-order chi connectivity index (χ1) is 9.49. The molecule has 0 heterocycles. The van der Waals surface area contributed by atoms with Crippen molar-refractivity contribution in [1.82, 2.24) is 0 Å². The van der Waals surface area contributed by atoms with Crippen LogP contribution < -0.4 is 5.73 Å². The lowest BCUT2D eigenvalue weighted by molar-refractivity contribution is -0.138. The quantitative estimate of drug-likeness (QED) is 0.309. The van der Waals surface area contributed by atoms with Crippen LogP contribution in [0.4, 0.5) is 0 Å². The second kappa shape index (κ2) is 8.91. The van der Waals surface area contributed by atoms with E-state index in [4.69, 9.17) is 15.7 Å². The monoisotopic (exact) mass is 390 g/mol. The molecule has 1 aromatic rings. The van der Waals surface area contributed by atoms with Crippen molar-refractivity contribution in [3.05, 3.63) is 35.4 Å². The van der Waals surface area contributed by atoms with Gasteiger partial charge in [-0.1, -0.05) is 29.4 Å². The van der Waals surface area contributed by atoms with Gasteiger partial charge in [-0.25, -0.2) is 0 Å². The number of nitrogens with zero attached hydrogens (tertiary/aromatic N) is 1. The Hall–Kier alpha value is -1.15. The van der Waals surface area contributed by atoms with Gasteiger partial charge in [-0.2, -0.15) is 0 Å². The predicted octanol–water partition coefficient (Wildman–Crippen LogP) is 2.36. The van der Waals surface area contributed by atoms with E-state index >= 15 is 0 Å². The average molecular weight is 390 g/mol. The van der Waals surface area contributed by atoms with Gasteiger partial charge in [0.2, 0.25) is 0 Å². The van der Waals surface area contributed by atoms with Crippen LogP contribution in [0.15, 0.2) is 29.4 Å².